The molecule has 2 amide bonds. The lowest BCUT2D eigenvalue weighted by Gasteiger charge is -2.31. The zero-order chi connectivity index (χ0) is 22.5. The Morgan fingerprint density at radius 2 is 1.81 bits per heavy atom. The van der Waals surface area contributed by atoms with Crippen molar-refractivity contribution in [3.63, 3.8) is 0 Å². The number of ether oxygens (including phenoxy) is 1. The third-order valence-corrected chi connectivity index (χ3v) is 6.75. The van der Waals surface area contributed by atoms with Gasteiger partial charge in [0, 0.05) is 36.0 Å². The summed E-state index contributed by atoms with van der Waals surface area (Å²) < 4.78 is 5.26. The molecule has 7 nitrogen and oxygen atoms in total. The molecule has 1 saturated heterocycles. The van der Waals surface area contributed by atoms with Crippen LogP contribution in [0.4, 0.5) is 5.00 Å². The lowest BCUT2D eigenvalue weighted by molar-refractivity contribution is -0.123. The quantitative estimate of drug-likeness (QED) is 0.595. The van der Waals surface area contributed by atoms with Gasteiger partial charge in [-0.05, 0) is 38.2 Å². The van der Waals surface area contributed by atoms with Crippen molar-refractivity contribution in [2.75, 3.05) is 31.6 Å². The molecule has 0 bridgehead atoms. The van der Waals surface area contributed by atoms with Crippen LogP contribution in [-0.4, -0.2) is 55.0 Å². The number of carbonyl (C=O) groups is 3. The van der Waals surface area contributed by atoms with Gasteiger partial charge in [-0.25, -0.2) is 4.79 Å². The Labute approximate surface area is 192 Å². The van der Waals surface area contributed by atoms with Crippen LogP contribution >= 0.6 is 11.3 Å². The summed E-state index contributed by atoms with van der Waals surface area (Å²) in [6, 6.07) is 9.81. The molecule has 170 valence electrons. The first-order chi connectivity index (χ1) is 15.5. The maximum atomic E-state index is 12.7. The van der Waals surface area contributed by atoms with E-state index in [0.717, 1.165) is 49.9 Å². The van der Waals surface area contributed by atoms with Crippen molar-refractivity contribution in [1.82, 2.24) is 10.2 Å². The summed E-state index contributed by atoms with van der Waals surface area (Å²) in [4.78, 5) is 39.4. The largest absolute Gasteiger partial charge is 0.462 e. The molecule has 1 aliphatic heterocycles. The molecule has 1 aromatic carbocycles. The lowest BCUT2D eigenvalue weighted by atomic mass is 10.0. The number of thiophene rings is 1. The van der Waals surface area contributed by atoms with E-state index in [0.29, 0.717) is 10.6 Å². The van der Waals surface area contributed by atoms with Crippen LogP contribution in [0.15, 0.2) is 35.7 Å². The molecule has 1 aromatic heterocycles. The molecule has 0 spiro atoms. The number of rotatable bonds is 8. The first-order valence-electron chi connectivity index (χ1n) is 11.2. The standard InChI is InChI=1S/C24H29N3O4S/c1-2-31-24(30)21-19(16-6-4-3-5-7-16)15-32-23(21)26-20(28)14-27-12-10-18(11-13-27)25-22(29)17-8-9-17/h3-7,15,17-18H,2,8-14H2,1H3,(H,25,29)(H,26,28). The van der Waals surface area contributed by atoms with Crippen LogP contribution in [0.25, 0.3) is 11.1 Å². The minimum Gasteiger partial charge on any atom is -0.462 e. The molecule has 0 atom stereocenters. The van der Waals surface area contributed by atoms with Gasteiger partial charge in [-0.3, -0.25) is 14.5 Å². The van der Waals surface area contributed by atoms with Gasteiger partial charge in [0.05, 0.1) is 13.2 Å². The number of hydrogen-bond acceptors (Lipinski definition) is 6. The van der Waals surface area contributed by atoms with Crippen molar-refractivity contribution < 1.29 is 19.1 Å². The first-order valence-corrected chi connectivity index (χ1v) is 12.1. The number of nitrogens with zero attached hydrogens (tertiary/aromatic N) is 1. The number of nitrogens with one attached hydrogen (secondary N) is 2. The fraction of sp³-hybridized carbons (Fsp3) is 0.458. The van der Waals surface area contributed by atoms with E-state index in [1.807, 2.05) is 35.7 Å². The van der Waals surface area contributed by atoms with Crippen LogP contribution < -0.4 is 10.6 Å². The topological polar surface area (TPSA) is 87.7 Å². The predicted octanol–water partition coefficient (Wildman–Crippen LogP) is 3.52. The maximum Gasteiger partial charge on any atom is 0.341 e. The lowest BCUT2D eigenvalue weighted by Crippen LogP contribution is -2.46. The highest BCUT2D eigenvalue weighted by atomic mass is 32.1. The van der Waals surface area contributed by atoms with E-state index in [4.69, 9.17) is 4.74 Å². The van der Waals surface area contributed by atoms with E-state index >= 15 is 0 Å². The van der Waals surface area contributed by atoms with Crippen molar-refractivity contribution >= 4 is 34.1 Å². The van der Waals surface area contributed by atoms with E-state index in [9.17, 15) is 14.4 Å². The van der Waals surface area contributed by atoms with Crippen molar-refractivity contribution in [1.29, 1.82) is 0 Å². The Kier molecular flexibility index (Phi) is 7.22. The molecule has 2 fully saturated rings. The highest BCUT2D eigenvalue weighted by molar-refractivity contribution is 7.15. The number of piperidine rings is 1. The van der Waals surface area contributed by atoms with Crippen molar-refractivity contribution in [2.24, 2.45) is 5.92 Å². The maximum absolute atomic E-state index is 12.7. The second kappa shape index (κ2) is 10.3. The van der Waals surface area contributed by atoms with Crippen LogP contribution in [0.5, 0.6) is 0 Å². The molecule has 2 aliphatic rings. The molecule has 1 saturated carbocycles. The van der Waals surface area contributed by atoms with Crippen LogP contribution in [0.2, 0.25) is 0 Å². The van der Waals surface area contributed by atoms with E-state index in [2.05, 4.69) is 15.5 Å². The van der Waals surface area contributed by atoms with E-state index in [1.165, 1.54) is 11.3 Å². The minimum atomic E-state index is -0.435. The molecule has 32 heavy (non-hydrogen) atoms. The molecular weight excluding hydrogens is 426 g/mol. The fourth-order valence-corrected chi connectivity index (χ4v) is 4.93. The van der Waals surface area contributed by atoms with Gasteiger partial charge in [0.15, 0.2) is 0 Å². The Morgan fingerprint density at radius 1 is 1.09 bits per heavy atom. The molecule has 0 unspecified atom stereocenters. The third kappa shape index (κ3) is 5.55. The normalized spacial score (nSPS) is 17.0. The van der Waals surface area contributed by atoms with Crippen LogP contribution in [0.1, 0.15) is 43.0 Å². The molecule has 8 heteroatoms. The number of likely N-dealkylation sites (tertiary alicyclic amines) is 1. The van der Waals surface area contributed by atoms with Gasteiger partial charge in [0.1, 0.15) is 10.6 Å². The first kappa shape index (κ1) is 22.5. The zero-order valence-corrected chi connectivity index (χ0v) is 19.1. The van der Waals surface area contributed by atoms with E-state index < -0.39 is 5.97 Å². The molecule has 2 heterocycles. The number of benzene rings is 1. The SMILES string of the molecule is CCOC(=O)c1c(-c2ccccc2)csc1NC(=O)CN1CCC(NC(=O)C2CC2)CC1. The van der Waals surface area contributed by atoms with Crippen LogP contribution in [0.3, 0.4) is 0 Å². The second-order valence-electron chi connectivity index (χ2n) is 8.32. The Balaban J connectivity index is 1.36. The van der Waals surface area contributed by atoms with Gasteiger partial charge in [0.2, 0.25) is 11.8 Å². The zero-order valence-electron chi connectivity index (χ0n) is 18.3. The molecule has 1 aliphatic carbocycles. The van der Waals surface area contributed by atoms with Crippen molar-refractivity contribution in [3.05, 3.63) is 41.3 Å². The summed E-state index contributed by atoms with van der Waals surface area (Å²) in [7, 11) is 0. The Morgan fingerprint density at radius 3 is 2.47 bits per heavy atom. The minimum absolute atomic E-state index is 0.155. The fourth-order valence-electron chi connectivity index (χ4n) is 3.96. The smallest absolute Gasteiger partial charge is 0.341 e. The number of carbonyl (C=O) groups excluding carboxylic acids is 3. The average Bonchev–Trinajstić information content (AvgIpc) is 3.56. The number of amides is 2. The van der Waals surface area contributed by atoms with E-state index in [1.54, 1.807) is 6.92 Å². The van der Waals surface area contributed by atoms with Gasteiger partial charge >= 0.3 is 5.97 Å². The van der Waals surface area contributed by atoms with Crippen LogP contribution in [0, 0.1) is 5.92 Å². The van der Waals surface area contributed by atoms with Gasteiger partial charge in [-0.1, -0.05) is 30.3 Å². The van der Waals surface area contributed by atoms with E-state index in [-0.39, 0.29) is 36.9 Å². The molecule has 2 aromatic rings. The van der Waals surface area contributed by atoms with Gasteiger partial charge < -0.3 is 15.4 Å². The highest BCUT2D eigenvalue weighted by Gasteiger charge is 2.32. The summed E-state index contributed by atoms with van der Waals surface area (Å²) in [5, 5.41) is 8.44. The average molecular weight is 456 g/mol. The van der Waals surface area contributed by atoms with Crippen molar-refractivity contribution in [3.8, 4) is 11.1 Å². The summed E-state index contributed by atoms with van der Waals surface area (Å²) in [5.74, 6) is -0.189. The van der Waals surface area contributed by atoms with Crippen molar-refractivity contribution in [2.45, 2.75) is 38.6 Å². The molecule has 4 rings (SSSR count). The highest BCUT2D eigenvalue weighted by Crippen LogP contribution is 2.36. The number of esters is 1. The second-order valence-corrected chi connectivity index (χ2v) is 9.20. The molecule has 0 radical (unpaired) electrons. The Bertz CT molecular complexity index is 963. The third-order valence-electron chi connectivity index (χ3n) is 5.86. The van der Waals surface area contributed by atoms with Gasteiger partial charge in [-0.15, -0.1) is 11.3 Å². The van der Waals surface area contributed by atoms with Crippen LogP contribution in [-0.2, 0) is 14.3 Å². The monoisotopic (exact) mass is 455 g/mol. The summed E-state index contributed by atoms with van der Waals surface area (Å²) >= 11 is 1.33. The number of anilines is 1. The van der Waals surface area contributed by atoms with Gasteiger partial charge in [-0.2, -0.15) is 0 Å². The van der Waals surface area contributed by atoms with Gasteiger partial charge in [0.25, 0.3) is 0 Å². The molecular formula is C24H29N3O4S. The number of hydrogen-bond donors (Lipinski definition) is 2. The summed E-state index contributed by atoms with van der Waals surface area (Å²) in [6.45, 7) is 3.80. The summed E-state index contributed by atoms with van der Waals surface area (Å²) in [5.41, 5.74) is 2.07. The predicted molar refractivity (Wildman–Crippen MR) is 125 cm³/mol. The molecule has 2 N–H and O–H groups in total. The summed E-state index contributed by atoms with van der Waals surface area (Å²) in [6.07, 6.45) is 3.70. The Hall–Kier alpha value is -2.71.